The maximum atomic E-state index is 8.82. The molecule has 148 valence electrons. The van der Waals surface area contributed by atoms with E-state index in [4.69, 9.17) is 24.1 Å². The second-order valence-electron chi connectivity index (χ2n) is 7.00. The molecule has 0 unspecified atom stereocenters. The molecule has 5 nitrogen and oxygen atoms in total. The summed E-state index contributed by atoms with van der Waals surface area (Å²) in [6, 6.07) is 0. The molecule has 1 aliphatic rings. The number of hydrogen-bond acceptors (Lipinski definition) is 5. The van der Waals surface area contributed by atoms with Gasteiger partial charge in [-0.05, 0) is 31.6 Å². The second kappa shape index (κ2) is 10.5. The van der Waals surface area contributed by atoms with Crippen molar-refractivity contribution >= 4 is 0 Å². The van der Waals surface area contributed by atoms with E-state index in [-0.39, 0.29) is 0 Å². The van der Waals surface area contributed by atoms with Gasteiger partial charge in [-0.15, -0.1) is 0 Å². The smallest absolute Gasteiger partial charge is 0.207 e. The van der Waals surface area contributed by atoms with E-state index in [1.54, 1.807) is 28.4 Å². The van der Waals surface area contributed by atoms with Crippen molar-refractivity contribution in [1.82, 2.24) is 0 Å². The maximum Gasteiger partial charge on any atom is 0.207 e. The molecule has 2 rings (SSSR count). The van der Waals surface area contributed by atoms with E-state index in [0.29, 0.717) is 24.0 Å². The molecule has 1 aromatic carbocycles. The fourth-order valence-electron chi connectivity index (χ4n) is 4.09. The van der Waals surface area contributed by atoms with Gasteiger partial charge in [-0.3, -0.25) is 0 Å². The zero-order chi connectivity index (χ0) is 18.9. The molecule has 1 aromatic rings. The Bertz CT molecular complexity index is 529. The minimum atomic E-state index is 0.316. The Morgan fingerprint density at radius 1 is 0.654 bits per heavy atom. The Morgan fingerprint density at radius 2 is 1.08 bits per heavy atom. The lowest BCUT2D eigenvalue weighted by Crippen LogP contribution is -2.02. The number of aliphatic hydroxyl groups is 1. The molecule has 0 spiro atoms. The van der Waals surface area contributed by atoms with Crippen molar-refractivity contribution in [3.63, 3.8) is 0 Å². The monoisotopic (exact) mass is 366 g/mol. The van der Waals surface area contributed by atoms with Gasteiger partial charge in [0.25, 0.3) is 0 Å². The number of methoxy groups -OCH3 is 4. The number of benzene rings is 1. The molecule has 0 saturated carbocycles. The van der Waals surface area contributed by atoms with Crippen LogP contribution in [0.3, 0.4) is 0 Å². The lowest BCUT2D eigenvalue weighted by molar-refractivity contribution is 0.282. The van der Waals surface area contributed by atoms with E-state index in [1.165, 1.54) is 43.2 Å². The molecule has 1 N–H and O–H groups in total. The molecular formula is C21H34O5. The van der Waals surface area contributed by atoms with Gasteiger partial charge >= 0.3 is 0 Å². The zero-order valence-corrected chi connectivity index (χ0v) is 16.7. The standard InChI is InChI=1S/C21H34O5/c1-23-18-16-13-15(11-9-7-5-6-8-10-12-22)14-17(16)19(24-2)21(26-4)20(18)25-3/h15,22H,5-14H2,1-4H3. The number of aliphatic hydroxyl groups excluding tert-OH is 1. The summed E-state index contributed by atoms with van der Waals surface area (Å²) in [7, 11) is 6.64. The Kier molecular flexibility index (Phi) is 8.36. The highest BCUT2D eigenvalue weighted by Crippen LogP contribution is 2.53. The van der Waals surface area contributed by atoms with Crippen LogP contribution in [0.2, 0.25) is 0 Å². The SMILES string of the molecule is COc1c2c(c(OC)c(OC)c1OC)CC(CCCCCCCCO)C2. The topological polar surface area (TPSA) is 57.2 Å². The Morgan fingerprint density at radius 3 is 1.50 bits per heavy atom. The molecule has 0 amide bonds. The maximum absolute atomic E-state index is 8.82. The van der Waals surface area contributed by atoms with Crippen molar-refractivity contribution in [2.75, 3.05) is 35.0 Å². The lowest BCUT2D eigenvalue weighted by Gasteiger charge is -2.19. The van der Waals surface area contributed by atoms with Gasteiger partial charge in [0, 0.05) is 17.7 Å². The van der Waals surface area contributed by atoms with Gasteiger partial charge in [-0.1, -0.05) is 32.1 Å². The fourth-order valence-corrected chi connectivity index (χ4v) is 4.09. The molecule has 0 atom stereocenters. The van der Waals surface area contributed by atoms with Crippen molar-refractivity contribution < 1.29 is 24.1 Å². The van der Waals surface area contributed by atoms with Crippen LogP contribution < -0.4 is 18.9 Å². The van der Waals surface area contributed by atoms with Crippen LogP contribution in [0.15, 0.2) is 0 Å². The predicted molar refractivity (Wildman–Crippen MR) is 103 cm³/mol. The van der Waals surface area contributed by atoms with E-state index in [9.17, 15) is 0 Å². The number of hydrogen-bond donors (Lipinski definition) is 1. The highest BCUT2D eigenvalue weighted by Gasteiger charge is 2.33. The first-order chi connectivity index (χ1) is 12.7. The largest absolute Gasteiger partial charge is 0.492 e. The van der Waals surface area contributed by atoms with E-state index in [1.807, 2.05) is 0 Å². The molecule has 0 fully saturated rings. The predicted octanol–water partition coefficient (Wildman–Crippen LogP) is 4.16. The minimum absolute atomic E-state index is 0.316. The van der Waals surface area contributed by atoms with Gasteiger partial charge < -0.3 is 24.1 Å². The first kappa shape index (κ1) is 20.7. The van der Waals surface area contributed by atoms with Crippen LogP contribution in [-0.4, -0.2) is 40.2 Å². The van der Waals surface area contributed by atoms with Crippen LogP contribution in [0.25, 0.3) is 0 Å². The molecule has 0 heterocycles. The summed E-state index contributed by atoms with van der Waals surface area (Å²) in [6.07, 6.45) is 10.3. The van der Waals surface area contributed by atoms with Crippen molar-refractivity contribution in [1.29, 1.82) is 0 Å². The molecule has 26 heavy (non-hydrogen) atoms. The highest BCUT2D eigenvalue weighted by atomic mass is 16.5. The van der Waals surface area contributed by atoms with Crippen molar-refractivity contribution in [2.45, 2.75) is 57.8 Å². The van der Waals surface area contributed by atoms with E-state index in [2.05, 4.69) is 0 Å². The average Bonchev–Trinajstić information content (AvgIpc) is 3.08. The fraction of sp³-hybridized carbons (Fsp3) is 0.714. The third kappa shape index (κ3) is 4.56. The summed E-state index contributed by atoms with van der Waals surface area (Å²) >= 11 is 0. The van der Waals surface area contributed by atoms with Gasteiger partial charge in [0.05, 0.1) is 28.4 Å². The molecule has 0 aliphatic heterocycles. The lowest BCUT2D eigenvalue weighted by atomic mass is 9.97. The summed E-state index contributed by atoms with van der Waals surface area (Å²) < 4.78 is 22.5. The van der Waals surface area contributed by atoms with Crippen molar-refractivity contribution in [2.24, 2.45) is 5.92 Å². The van der Waals surface area contributed by atoms with Gasteiger partial charge in [0.2, 0.25) is 11.5 Å². The van der Waals surface area contributed by atoms with Crippen LogP contribution in [-0.2, 0) is 12.8 Å². The molecular weight excluding hydrogens is 332 g/mol. The molecule has 5 heteroatoms. The van der Waals surface area contributed by atoms with Crippen LogP contribution in [0, 0.1) is 5.92 Å². The normalized spacial score (nSPS) is 13.6. The summed E-state index contributed by atoms with van der Waals surface area (Å²) in [6.45, 7) is 0.316. The first-order valence-corrected chi connectivity index (χ1v) is 9.70. The first-order valence-electron chi connectivity index (χ1n) is 9.70. The summed E-state index contributed by atoms with van der Waals surface area (Å²) in [4.78, 5) is 0. The third-order valence-electron chi connectivity index (χ3n) is 5.35. The molecule has 1 aliphatic carbocycles. The second-order valence-corrected chi connectivity index (χ2v) is 7.00. The molecule has 0 aromatic heterocycles. The number of ether oxygens (including phenoxy) is 4. The Balaban J connectivity index is 2.02. The average molecular weight is 366 g/mol. The van der Waals surface area contributed by atoms with E-state index < -0.39 is 0 Å². The van der Waals surface area contributed by atoms with Gasteiger partial charge in [-0.2, -0.15) is 0 Å². The molecule has 0 radical (unpaired) electrons. The zero-order valence-electron chi connectivity index (χ0n) is 16.7. The van der Waals surface area contributed by atoms with Crippen LogP contribution in [0.1, 0.15) is 56.1 Å². The quantitative estimate of drug-likeness (QED) is 0.563. The van der Waals surface area contributed by atoms with Crippen LogP contribution >= 0.6 is 0 Å². The van der Waals surface area contributed by atoms with Gasteiger partial charge in [0.1, 0.15) is 0 Å². The van der Waals surface area contributed by atoms with Crippen molar-refractivity contribution in [3.8, 4) is 23.0 Å². The van der Waals surface area contributed by atoms with Crippen LogP contribution in [0.5, 0.6) is 23.0 Å². The Labute approximate surface area is 157 Å². The van der Waals surface area contributed by atoms with Crippen molar-refractivity contribution in [3.05, 3.63) is 11.1 Å². The number of fused-ring (bicyclic) bond motifs is 1. The van der Waals surface area contributed by atoms with Crippen LogP contribution in [0.4, 0.5) is 0 Å². The minimum Gasteiger partial charge on any atom is -0.492 e. The number of unbranched alkanes of at least 4 members (excludes halogenated alkanes) is 5. The molecule has 0 saturated heterocycles. The highest BCUT2D eigenvalue weighted by molar-refractivity contribution is 5.68. The Hall–Kier alpha value is -1.62. The van der Waals surface area contributed by atoms with E-state index >= 15 is 0 Å². The number of rotatable bonds is 12. The summed E-state index contributed by atoms with van der Waals surface area (Å²) in [5.41, 5.74) is 2.41. The van der Waals surface area contributed by atoms with E-state index in [0.717, 1.165) is 37.2 Å². The summed E-state index contributed by atoms with van der Waals surface area (Å²) in [5, 5.41) is 8.82. The molecule has 0 bridgehead atoms. The van der Waals surface area contributed by atoms with Gasteiger partial charge in [0.15, 0.2) is 11.5 Å². The van der Waals surface area contributed by atoms with Gasteiger partial charge in [-0.25, -0.2) is 0 Å². The third-order valence-corrected chi connectivity index (χ3v) is 5.35. The summed E-state index contributed by atoms with van der Waals surface area (Å²) in [5.74, 6) is 3.42.